The van der Waals surface area contributed by atoms with Crippen LogP contribution in [0.15, 0.2) is 18.2 Å². The van der Waals surface area contributed by atoms with Crippen LogP contribution in [0.1, 0.15) is 33.6 Å². The molecule has 0 saturated heterocycles. The molecular formula is C14H20ClFN2O. The third kappa shape index (κ3) is 5.47. The highest BCUT2D eigenvalue weighted by molar-refractivity contribution is 6.31. The Morgan fingerprint density at radius 1 is 1.32 bits per heavy atom. The van der Waals surface area contributed by atoms with Crippen LogP contribution in [-0.4, -0.2) is 12.1 Å². The maximum atomic E-state index is 13.6. The molecule has 3 nitrogen and oxygen atoms in total. The summed E-state index contributed by atoms with van der Waals surface area (Å²) in [7, 11) is 0. The summed E-state index contributed by atoms with van der Waals surface area (Å²) < 4.78 is 13.6. The first-order valence-electron chi connectivity index (χ1n) is 6.41. The van der Waals surface area contributed by atoms with Crippen LogP contribution in [0.25, 0.3) is 0 Å². The third-order valence-electron chi connectivity index (χ3n) is 2.75. The van der Waals surface area contributed by atoms with Crippen LogP contribution in [0.5, 0.6) is 0 Å². The smallest absolute Gasteiger partial charge is 0.319 e. The lowest BCUT2D eigenvalue weighted by atomic mass is 10.0. The van der Waals surface area contributed by atoms with Crippen molar-refractivity contribution >= 4 is 23.3 Å². The Morgan fingerprint density at radius 2 is 2.00 bits per heavy atom. The first-order valence-corrected chi connectivity index (χ1v) is 6.79. The second-order valence-corrected chi connectivity index (χ2v) is 5.48. The minimum Gasteiger partial charge on any atom is -0.335 e. The number of urea groups is 1. The first kappa shape index (κ1) is 15.8. The van der Waals surface area contributed by atoms with E-state index in [0.717, 1.165) is 12.8 Å². The van der Waals surface area contributed by atoms with Crippen molar-refractivity contribution in [1.29, 1.82) is 0 Å². The molecule has 0 aromatic heterocycles. The van der Waals surface area contributed by atoms with Crippen molar-refractivity contribution in [3.8, 4) is 0 Å². The van der Waals surface area contributed by atoms with Crippen molar-refractivity contribution in [2.75, 3.05) is 5.32 Å². The van der Waals surface area contributed by atoms with Gasteiger partial charge in [-0.1, -0.05) is 31.5 Å². The second-order valence-electron chi connectivity index (χ2n) is 5.07. The number of anilines is 1. The Morgan fingerprint density at radius 3 is 2.63 bits per heavy atom. The Balaban J connectivity index is 2.49. The molecule has 1 atom stereocenters. The fraction of sp³-hybridized carbons (Fsp3) is 0.500. The lowest BCUT2D eigenvalue weighted by Crippen LogP contribution is -2.36. The van der Waals surface area contributed by atoms with Crippen molar-refractivity contribution < 1.29 is 9.18 Å². The zero-order valence-corrected chi connectivity index (χ0v) is 12.2. The number of halogens is 2. The van der Waals surface area contributed by atoms with Gasteiger partial charge in [0.15, 0.2) is 5.82 Å². The van der Waals surface area contributed by atoms with E-state index >= 15 is 0 Å². The molecule has 2 N–H and O–H groups in total. The number of carbonyl (C=O) groups is 1. The van der Waals surface area contributed by atoms with Gasteiger partial charge in [-0.05, 0) is 37.8 Å². The molecule has 0 radical (unpaired) electrons. The number of hydrogen-bond donors (Lipinski definition) is 2. The van der Waals surface area contributed by atoms with E-state index in [2.05, 4.69) is 24.5 Å². The third-order valence-corrected chi connectivity index (χ3v) is 3.05. The minimum absolute atomic E-state index is 0.00865. The minimum atomic E-state index is -0.617. The van der Waals surface area contributed by atoms with Crippen LogP contribution in [0.4, 0.5) is 14.9 Å². The zero-order valence-electron chi connectivity index (χ0n) is 11.5. The summed E-state index contributed by atoms with van der Waals surface area (Å²) in [6.45, 7) is 6.19. The number of amides is 2. The van der Waals surface area contributed by atoms with Gasteiger partial charge in [-0.3, -0.25) is 0 Å². The van der Waals surface area contributed by atoms with Gasteiger partial charge < -0.3 is 10.6 Å². The van der Waals surface area contributed by atoms with Gasteiger partial charge in [0.25, 0.3) is 0 Å². The summed E-state index contributed by atoms with van der Waals surface area (Å²) in [5.41, 5.74) is 0.0843. The summed E-state index contributed by atoms with van der Waals surface area (Å²) in [6, 6.07) is 4.12. The van der Waals surface area contributed by atoms with Crippen LogP contribution in [0, 0.1) is 11.7 Å². The molecule has 0 bridgehead atoms. The number of hydrogen-bond acceptors (Lipinski definition) is 1. The Bertz CT molecular complexity index is 437. The quantitative estimate of drug-likeness (QED) is 0.826. The van der Waals surface area contributed by atoms with Gasteiger partial charge in [-0.15, -0.1) is 0 Å². The Kier molecular flexibility index (Phi) is 6.09. The molecule has 0 heterocycles. The highest BCUT2D eigenvalue weighted by Gasteiger charge is 2.11. The number of benzene rings is 1. The Labute approximate surface area is 118 Å². The van der Waals surface area contributed by atoms with E-state index in [4.69, 9.17) is 11.6 Å². The fourth-order valence-electron chi connectivity index (χ4n) is 1.64. The van der Waals surface area contributed by atoms with E-state index in [-0.39, 0.29) is 16.8 Å². The van der Waals surface area contributed by atoms with Crippen molar-refractivity contribution in [2.45, 2.75) is 39.7 Å². The maximum Gasteiger partial charge on any atom is 0.319 e. The van der Waals surface area contributed by atoms with Gasteiger partial charge in [-0.2, -0.15) is 0 Å². The standard InChI is InChI=1S/C14H20ClFN2O/c1-9(2)7-8-10(3)17-14(19)18-12-6-4-5-11(15)13(12)16/h4-6,9-10H,7-8H2,1-3H3,(H2,17,18,19). The molecular weight excluding hydrogens is 267 g/mol. The molecule has 0 spiro atoms. The normalized spacial score (nSPS) is 12.3. The van der Waals surface area contributed by atoms with Crippen LogP contribution < -0.4 is 10.6 Å². The van der Waals surface area contributed by atoms with E-state index in [1.54, 1.807) is 6.07 Å². The monoisotopic (exact) mass is 286 g/mol. The molecule has 0 fully saturated rings. The van der Waals surface area contributed by atoms with E-state index < -0.39 is 11.8 Å². The molecule has 19 heavy (non-hydrogen) atoms. The topological polar surface area (TPSA) is 41.1 Å². The van der Waals surface area contributed by atoms with Crippen LogP contribution in [-0.2, 0) is 0 Å². The van der Waals surface area contributed by atoms with E-state index in [0.29, 0.717) is 5.92 Å². The van der Waals surface area contributed by atoms with Crippen molar-refractivity contribution in [3.05, 3.63) is 29.0 Å². The molecule has 106 valence electrons. The molecule has 0 aliphatic carbocycles. The molecule has 0 aliphatic rings. The lowest BCUT2D eigenvalue weighted by molar-refractivity contribution is 0.248. The summed E-state index contributed by atoms with van der Waals surface area (Å²) in [4.78, 5) is 11.7. The van der Waals surface area contributed by atoms with Crippen molar-refractivity contribution in [2.24, 2.45) is 5.92 Å². The van der Waals surface area contributed by atoms with Gasteiger partial charge in [0, 0.05) is 6.04 Å². The SMILES string of the molecule is CC(C)CCC(C)NC(=O)Nc1cccc(Cl)c1F. The van der Waals surface area contributed by atoms with Crippen LogP contribution in [0.2, 0.25) is 5.02 Å². The van der Waals surface area contributed by atoms with Gasteiger partial charge in [0.1, 0.15) is 0 Å². The van der Waals surface area contributed by atoms with Gasteiger partial charge in [-0.25, -0.2) is 9.18 Å². The Hall–Kier alpha value is -1.29. The van der Waals surface area contributed by atoms with Crippen molar-refractivity contribution in [1.82, 2.24) is 5.32 Å². The molecule has 0 aliphatic heterocycles. The first-order chi connectivity index (χ1) is 8.90. The predicted octanol–water partition coefficient (Wildman–Crippen LogP) is 4.43. The summed E-state index contributed by atoms with van der Waals surface area (Å²) in [5.74, 6) is -0.0214. The number of rotatable bonds is 5. The highest BCUT2D eigenvalue weighted by Crippen LogP contribution is 2.21. The largest absolute Gasteiger partial charge is 0.335 e. The molecule has 1 aromatic carbocycles. The molecule has 0 saturated carbocycles. The molecule has 1 aromatic rings. The van der Waals surface area contributed by atoms with Gasteiger partial charge in [0.05, 0.1) is 10.7 Å². The van der Waals surface area contributed by atoms with E-state index in [9.17, 15) is 9.18 Å². The van der Waals surface area contributed by atoms with Crippen LogP contribution >= 0.6 is 11.6 Å². The summed E-state index contributed by atoms with van der Waals surface area (Å²) in [6.07, 6.45) is 1.93. The summed E-state index contributed by atoms with van der Waals surface area (Å²) in [5, 5.41) is 5.22. The average Bonchev–Trinajstić information content (AvgIpc) is 2.32. The second kappa shape index (κ2) is 7.34. The van der Waals surface area contributed by atoms with E-state index in [1.807, 2.05) is 6.92 Å². The molecule has 5 heteroatoms. The zero-order chi connectivity index (χ0) is 14.4. The average molecular weight is 287 g/mol. The summed E-state index contributed by atoms with van der Waals surface area (Å²) >= 11 is 5.64. The molecule has 1 unspecified atom stereocenters. The molecule has 2 amide bonds. The van der Waals surface area contributed by atoms with Crippen molar-refractivity contribution in [3.63, 3.8) is 0 Å². The highest BCUT2D eigenvalue weighted by atomic mass is 35.5. The van der Waals surface area contributed by atoms with Gasteiger partial charge >= 0.3 is 6.03 Å². The number of nitrogens with one attached hydrogen (secondary N) is 2. The lowest BCUT2D eigenvalue weighted by Gasteiger charge is -2.16. The van der Waals surface area contributed by atoms with Gasteiger partial charge in [0.2, 0.25) is 0 Å². The maximum absolute atomic E-state index is 13.6. The number of carbonyl (C=O) groups excluding carboxylic acids is 1. The predicted molar refractivity (Wildman–Crippen MR) is 77.1 cm³/mol. The van der Waals surface area contributed by atoms with E-state index in [1.165, 1.54) is 12.1 Å². The molecule has 1 rings (SSSR count). The fourth-order valence-corrected chi connectivity index (χ4v) is 1.81. The van der Waals surface area contributed by atoms with Crippen LogP contribution in [0.3, 0.4) is 0 Å².